The number of aryl methyl sites for hydroxylation is 1. The van der Waals surface area contributed by atoms with Crippen LogP contribution in [0.25, 0.3) is 0 Å². The first-order chi connectivity index (χ1) is 9.19. The number of nitrogens with one attached hydrogen (secondary N) is 1. The normalized spacial score (nSPS) is 29.5. The van der Waals surface area contributed by atoms with Crippen LogP contribution >= 0.6 is 11.6 Å². The Kier molecular flexibility index (Phi) is 3.62. The molecule has 1 aromatic rings. The minimum Gasteiger partial charge on any atom is -0.481 e. The number of fused-ring (bicyclic) bond motifs is 1. The van der Waals surface area contributed by atoms with Crippen LogP contribution in [0.3, 0.4) is 0 Å². The summed E-state index contributed by atoms with van der Waals surface area (Å²) in [5, 5.41) is 13.7. The predicted octanol–water partition coefficient (Wildman–Crippen LogP) is 1.08. The topological polar surface area (TPSA) is 63.6 Å². The third-order valence-corrected chi connectivity index (χ3v) is 3.98. The molecule has 1 aliphatic heterocycles. The van der Waals surface area contributed by atoms with Crippen LogP contribution in [-0.4, -0.2) is 42.6 Å². The molecule has 5 nitrogen and oxygen atoms in total. The molecule has 0 spiro atoms. The van der Waals surface area contributed by atoms with Crippen LogP contribution in [-0.2, 0) is 11.2 Å². The zero-order valence-corrected chi connectivity index (χ0v) is 11.5. The molecular formula is C13H17ClN2O3. The van der Waals surface area contributed by atoms with Gasteiger partial charge < -0.3 is 19.9 Å². The van der Waals surface area contributed by atoms with Gasteiger partial charge in [0.05, 0.1) is 32.5 Å². The molecule has 104 valence electrons. The van der Waals surface area contributed by atoms with Crippen molar-refractivity contribution in [1.82, 2.24) is 10.3 Å². The number of rotatable bonds is 3. The minimum absolute atomic E-state index is 0.0312. The summed E-state index contributed by atoms with van der Waals surface area (Å²) in [5.41, 5.74) is 2.23. The van der Waals surface area contributed by atoms with E-state index in [1.165, 1.54) is 5.56 Å². The minimum atomic E-state index is -0.449. The quantitative estimate of drug-likeness (QED) is 0.813. The van der Waals surface area contributed by atoms with Crippen LogP contribution in [0.4, 0.5) is 0 Å². The van der Waals surface area contributed by atoms with Gasteiger partial charge in [-0.05, 0) is 24.5 Å². The molecule has 0 amide bonds. The van der Waals surface area contributed by atoms with Gasteiger partial charge in [-0.25, -0.2) is 4.98 Å². The molecule has 1 aromatic heterocycles. The maximum absolute atomic E-state index is 9.81. The molecule has 0 bridgehead atoms. The second-order valence-electron chi connectivity index (χ2n) is 5.00. The van der Waals surface area contributed by atoms with Crippen LogP contribution in [0.1, 0.15) is 23.6 Å². The maximum Gasteiger partial charge on any atom is 0.219 e. The van der Waals surface area contributed by atoms with E-state index in [4.69, 9.17) is 21.1 Å². The largest absolute Gasteiger partial charge is 0.481 e. The van der Waals surface area contributed by atoms with Crippen LogP contribution in [0.2, 0.25) is 5.15 Å². The van der Waals surface area contributed by atoms with Crippen LogP contribution in [0.15, 0.2) is 6.07 Å². The van der Waals surface area contributed by atoms with Gasteiger partial charge in [0.15, 0.2) is 0 Å². The second-order valence-corrected chi connectivity index (χ2v) is 5.38. The molecule has 1 aliphatic carbocycles. The van der Waals surface area contributed by atoms with E-state index in [0.717, 1.165) is 18.4 Å². The van der Waals surface area contributed by atoms with Gasteiger partial charge in [0, 0.05) is 11.6 Å². The summed E-state index contributed by atoms with van der Waals surface area (Å²) in [6.07, 6.45) is 1.45. The van der Waals surface area contributed by atoms with Crippen LogP contribution in [0, 0.1) is 0 Å². The first kappa shape index (κ1) is 13.1. The van der Waals surface area contributed by atoms with Gasteiger partial charge >= 0.3 is 0 Å². The van der Waals surface area contributed by atoms with E-state index in [1.54, 1.807) is 7.11 Å². The molecular weight excluding hydrogens is 268 g/mol. The SMILES string of the molecule is COc1nc(Cl)cc2c1[C@@H](NC1COC[C@@H]1O)CC2. The second kappa shape index (κ2) is 5.25. The number of halogens is 1. The van der Waals surface area contributed by atoms with Gasteiger partial charge in [0.1, 0.15) is 5.15 Å². The lowest BCUT2D eigenvalue weighted by atomic mass is 10.1. The standard InChI is InChI=1S/C13H17ClN2O3/c1-18-13-12-7(4-11(14)16-13)2-3-8(12)15-9-5-19-6-10(9)17/h4,8-10,15,17H,2-3,5-6H2,1H3/t8-,9?,10-/m0/s1. The number of aliphatic hydroxyl groups is 1. The molecule has 1 unspecified atom stereocenters. The molecule has 19 heavy (non-hydrogen) atoms. The fraction of sp³-hybridized carbons (Fsp3) is 0.615. The van der Waals surface area contributed by atoms with E-state index >= 15 is 0 Å². The number of hydrogen-bond donors (Lipinski definition) is 2. The number of aliphatic hydroxyl groups excluding tert-OH is 1. The highest BCUT2D eigenvalue weighted by molar-refractivity contribution is 6.29. The van der Waals surface area contributed by atoms with Crippen molar-refractivity contribution in [2.45, 2.75) is 31.0 Å². The first-order valence-electron chi connectivity index (χ1n) is 6.44. The zero-order valence-electron chi connectivity index (χ0n) is 10.7. The van der Waals surface area contributed by atoms with Gasteiger partial charge in [0.2, 0.25) is 5.88 Å². The number of ether oxygens (including phenoxy) is 2. The molecule has 2 N–H and O–H groups in total. The Balaban J connectivity index is 1.84. The predicted molar refractivity (Wildman–Crippen MR) is 70.6 cm³/mol. The summed E-state index contributed by atoms with van der Waals surface area (Å²) in [7, 11) is 1.60. The van der Waals surface area contributed by atoms with Crippen LogP contribution < -0.4 is 10.1 Å². The molecule has 1 fully saturated rings. The summed E-state index contributed by atoms with van der Waals surface area (Å²) in [5.74, 6) is 0.575. The number of pyridine rings is 1. The van der Waals surface area contributed by atoms with Crippen molar-refractivity contribution in [3.05, 3.63) is 22.3 Å². The summed E-state index contributed by atoms with van der Waals surface area (Å²) in [6, 6.07) is 2.00. The average molecular weight is 285 g/mol. The first-order valence-corrected chi connectivity index (χ1v) is 6.82. The van der Waals surface area contributed by atoms with E-state index in [-0.39, 0.29) is 12.1 Å². The summed E-state index contributed by atoms with van der Waals surface area (Å²) < 4.78 is 10.6. The molecule has 3 atom stereocenters. The summed E-state index contributed by atoms with van der Waals surface area (Å²) in [6.45, 7) is 0.934. The van der Waals surface area contributed by atoms with E-state index in [0.29, 0.717) is 24.2 Å². The van der Waals surface area contributed by atoms with E-state index in [1.807, 2.05) is 6.07 Å². The van der Waals surface area contributed by atoms with Crippen molar-refractivity contribution in [2.24, 2.45) is 0 Å². The molecule has 1 saturated heterocycles. The average Bonchev–Trinajstić information content (AvgIpc) is 2.97. The van der Waals surface area contributed by atoms with Crippen molar-refractivity contribution in [2.75, 3.05) is 20.3 Å². The fourth-order valence-electron chi connectivity index (χ4n) is 2.86. The Morgan fingerprint density at radius 2 is 2.37 bits per heavy atom. The van der Waals surface area contributed by atoms with Crippen molar-refractivity contribution in [3.8, 4) is 5.88 Å². The third kappa shape index (κ3) is 2.43. The van der Waals surface area contributed by atoms with E-state index < -0.39 is 6.10 Å². The lowest BCUT2D eigenvalue weighted by Gasteiger charge is -2.22. The molecule has 2 heterocycles. The third-order valence-electron chi connectivity index (χ3n) is 3.79. The lowest BCUT2D eigenvalue weighted by molar-refractivity contribution is 0.121. The monoisotopic (exact) mass is 284 g/mol. The van der Waals surface area contributed by atoms with Crippen molar-refractivity contribution in [3.63, 3.8) is 0 Å². The zero-order chi connectivity index (χ0) is 13.4. The number of hydrogen-bond acceptors (Lipinski definition) is 5. The van der Waals surface area contributed by atoms with Crippen molar-refractivity contribution >= 4 is 11.6 Å². The van der Waals surface area contributed by atoms with Crippen molar-refractivity contribution < 1.29 is 14.6 Å². The Bertz CT molecular complexity index is 483. The molecule has 3 rings (SSSR count). The van der Waals surface area contributed by atoms with Gasteiger partial charge in [-0.15, -0.1) is 0 Å². The highest BCUT2D eigenvalue weighted by Gasteiger charge is 2.33. The van der Waals surface area contributed by atoms with Gasteiger partial charge in [0.25, 0.3) is 0 Å². The van der Waals surface area contributed by atoms with Gasteiger partial charge in [-0.1, -0.05) is 11.6 Å². The molecule has 0 radical (unpaired) electrons. The Morgan fingerprint density at radius 3 is 3.05 bits per heavy atom. The summed E-state index contributed by atoms with van der Waals surface area (Å²) >= 11 is 5.98. The molecule has 6 heteroatoms. The van der Waals surface area contributed by atoms with E-state index in [9.17, 15) is 5.11 Å². The Hall–Kier alpha value is -0.880. The Morgan fingerprint density at radius 1 is 1.53 bits per heavy atom. The summed E-state index contributed by atoms with van der Waals surface area (Å²) in [4.78, 5) is 4.22. The Labute approximate surface area is 116 Å². The lowest BCUT2D eigenvalue weighted by Crippen LogP contribution is -2.40. The number of nitrogens with zero attached hydrogens (tertiary/aromatic N) is 1. The number of aromatic nitrogens is 1. The molecule has 0 saturated carbocycles. The highest BCUT2D eigenvalue weighted by Crippen LogP contribution is 2.38. The maximum atomic E-state index is 9.81. The van der Waals surface area contributed by atoms with Crippen molar-refractivity contribution in [1.29, 1.82) is 0 Å². The van der Waals surface area contributed by atoms with E-state index in [2.05, 4.69) is 10.3 Å². The fourth-order valence-corrected chi connectivity index (χ4v) is 3.06. The molecule has 2 aliphatic rings. The van der Waals surface area contributed by atoms with Gasteiger partial charge in [-0.2, -0.15) is 0 Å². The smallest absolute Gasteiger partial charge is 0.219 e. The highest BCUT2D eigenvalue weighted by atomic mass is 35.5. The van der Waals surface area contributed by atoms with Crippen LogP contribution in [0.5, 0.6) is 5.88 Å². The molecule has 0 aromatic carbocycles. The number of methoxy groups -OCH3 is 1. The van der Waals surface area contributed by atoms with Gasteiger partial charge in [-0.3, -0.25) is 0 Å².